The molecule has 0 saturated heterocycles. The van der Waals surface area contributed by atoms with Gasteiger partial charge in [0, 0.05) is 22.6 Å². The van der Waals surface area contributed by atoms with E-state index in [1.54, 1.807) is 18.2 Å². The maximum absolute atomic E-state index is 12.5. The maximum atomic E-state index is 12.5. The van der Waals surface area contributed by atoms with Gasteiger partial charge in [-0.05, 0) is 17.7 Å². The van der Waals surface area contributed by atoms with Gasteiger partial charge in [0.2, 0.25) is 0 Å². The lowest BCUT2D eigenvalue weighted by molar-refractivity contribution is -0.138. The molecule has 0 aliphatic carbocycles. The Morgan fingerprint density at radius 1 is 1.32 bits per heavy atom. The molecule has 10 heteroatoms. The smallest absolute Gasteiger partial charge is 0.443 e. The molecule has 5 nitrogen and oxygen atoms in total. The Kier molecular flexibility index (Phi) is 6.43. The van der Waals surface area contributed by atoms with Crippen LogP contribution in [0.4, 0.5) is 18.9 Å². The van der Waals surface area contributed by atoms with E-state index in [1.807, 2.05) is 6.07 Å². The normalized spacial score (nSPS) is 11.3. The largest absolute Gasteiger partial charge is 0.481 e. The molecule has 134 valence electrons. The summed E-state index contributed by atoms with van der Waals surface area (Å²) >= 11 is 1.80. The summed E-state index contributed by atoms with van der Waals surface area (Å²) in [5, 5.41) is 11.1. The Morgan fingerprint density at radius 3 is 2.72 bits per heavy atom. The predicted octanol–water partition coefficient (Wildman–Crippen LogP) is 4.12. The average molecular weight is 390 g/mol. The van der Waals surface area contributed by atoms with Crippen LogP contribution in [0.3, 0.4) is 0 Å². The van der Waals surface area contributed by atoms with Gasteiger partial charge in [-0.25, -0.2) is 4.98 Å². The number of hydrogen-bond acceptors (Lipinski definition) is 5. The van der Waals surface area contributed by atoms with E-state index < -0.39 is 23.1 Å². The highest BCUT2D eigenvalue weighted by Gasteiger charge is 2.35. The maximum Gasteiger partial charge on any atom is 0.443 e. The zero-order chi connectivity index (χ0) is 18.4. The lowest BCUT2D eigenvalue weighted by Crippen LogP contribution is -2.13. The predicted molar refractivity (Wildman–Crippen MR) is 89.9 cm³/mol. The number of carboxylic acids is 1. The fourth-order valence-electron chi connectivity index (χ4n) is 1.79. The lowest BCUT2D eigenvalue weighted by Gasteiger charge is -2.06. The number of alkyl halides is 3. The second kappa shape index (κ2) is 8.34. The fourth-order valence-corrected chi connectivity index (χ4v) is 3.34. The van der Waals surface area contributed by atoms with Crippen LogP contribution >= 0.6 is 23.1 Å². The van der Waals surface area contributed by atoms with Crippen molar-refractivity contribution >= 4 is 40.7 Å². The molecule has 0 bridgehead atoms. The van der Waals surface area contributed by atoms with E-state index >= 15 is 0 Å². The minimum atomic E-state index is -4.57. The zero-order valence-corrected chi connectivity index (χ0v) is 14.3. The molecule has 2 rings (SSSR count). The van der Waals surface area contributed by atoms with Gasteiger partial charge in [-0.2, -0.15) is 24.9 Å². The highest BCUT2D eigenvalue weighted by molar-refractivity contribution is 7.98. The van der Waals surface area contributed by atoms with Crippen LogP contribution in [-0.4, -0.2) is 27.7 Å². The van der Waals surface area contributed by atoms with Gasteiger partial charge >= 0.3 is 12.1 Å². The van der Waals surface area contributed by atoms with E-state index in [1.165, 1.54) is 11.8 Å². The van der Waals surface area contributed by atoms with E-state index in [-0.39, 0.29) is 12.1 Å². The van der Waals surface area contributed by atoms with Gasteiger partial charge in [-0.1, -0.05) is 12.1 Å². The van der Waals surface area contributed by atoms with Crippen molar-refractivity contribution in [1.29, 1.82) is 0 Å². The van der Waals surface area contributed by atoms with Crippen molar-refractivity contribution in [2.45, 2.75) is 18.3 Å². The Labute approximate surface area is 149 Å². The van der Waals surface area contributed by atoms with Gasteiger partial charge in [0.25, 0.3) is 5.91 Å². The summed E-state index contributed by atoms with van der Waals surface area (Å²) in [6.07, 6.45) is -4.51. The number of thioether (sulfide) groups is 1. The molecular weight excluding hydrogens is 377 g/mol. The Morgan fingerprint density at radius 2 is 2.08 bits per heavy atom. The Bertz CT molecular complexity index is 762. The molecule has 0 radical (unpaired) electrons. The number of nitrogens with one attached hydrogen (secondary N) is 1. The first-order chi connectivity index (χ1) is 11.8. The van der Waals surface area contributed by atoms with Gasteiger partial charge in [0.05, 0.1) is 6.42 Å². The third-order valence-electron chi connectivity index (χ3n) is 2.89. The minimum Gasteiger partial charge on any atom is -0.481 e. The molecule has 0 aliphatic heterocycles. The molecular formula is C15H13F3N2O3S2. The van der Waals surface area contributed by atoms with E-state index in [2.05, 4.69) is 10.3 Å². The first kappa shape index (κ1) is 19.3. The number of halogens is 3. The van der Waals surface area contributed by atoms with Crippen LogP contribution in [0, 0.1) is 0 Å². The standard InChI is InChI=1S/C15H13F3N2O3S2/c16-15(17,18)14-20-11(8-25-14)13(23)19-10-3-1-2-9(6-10)7-24-5-4-12(21)22/h1-3,6,8H,4-5,7H2,(H,19,23)(H,21,22). The van der Waals surface area contributed by atoms with Crippen molar-refractivity contribution < 1.29 is 27.9 Å². The Balaban J connectivity index is 1.95. The van der Waals surface area contributed by atoms with Gasteiger partial charge in [-0.3, -0.25) is 9.59 Å². The average Bonchev–Trinajstić information content (AvgIpc) is 3.02. The molecule has 0 spiro atoms. The topological polar surface area (TPSA) is 79.3 Å². The highest BCUT2D eigenvalue weighted by atomic mass is 32.2. The molecule has 2 aromatic rings. The highest BCUT2D eigenvalue weighted by Crippen LogP contribution is 2.31. The quantitative estimate of drug-likeness (QED) is 0.695. The number of carbonyl (C=O) groups is 2. The number of thiazole rings is 1. The minimum absolute atomic E-state index is 0.0620. The number of hydrogen-bond donors (Lipinski definition) is 2. The van der Waals surface area contributed by atoms with Gasteiger partial charge < -0.3 is 10.4 Å². The van der Waals surface area contributed by atoms with Crippen LogP contribution < -0.4 is 5.32 Å². The molecule has 0 unspecified atom stereocenters. The molecule has 1 heterocycles. The van der Waals surface area contributed by atoms with Crippen LogP contribution in [0.25, 0.3) is 0 Å². The molecule has 2 N–H and O–H groups in total. The van der Waals surface area contributed by atoms with Crippen molar-refractivity contribution in [3.8, 4) is 0 Å². The van der Waals surface area contributed by atoms with Crippen molar-refractivity contribution in [3.05, 3.63) is 45.9 Å². The molecule has 1 amide bonds. The number of nitrogens with zero attached hydrogens (tertiary/aromatic N) is 1. The molecule has 1 aromatic carbocycles. The summed E-state index contributed by atoms with van der Waals surface area (Å²) in [6, 6.07) is 6.81. The first-order valence-electron chi connectivity index (χ1n) is 6.98. The summed E-state index contributed by atoms with van der Waals surface area (Å²) in [5.41, 5.74) is 1.00. The number of rotatable bonds is 7. The van der Waals surface area contributed by atoms with Crippen molar-refractivity contribution in [2.24, 2.45) is 0 Å². The Hall–Kier alpha value is -2.07. The molecule has 1 aromatic heterocycles. The van der Waals surface area contributed by atoms with Crippen molar-refractivity contribution in [2.75, 3.05) is 11.1 Å². The van der Waals surface area contributed by atoms with E-state index in [0.717, 1.165) is 10.9 Å². The number of amides is 1. The number of aliphatic carboxylic acids is 1. The number of anilines is 1. The fraction of sp³-hybridized carbons (Fsp3) is 0.267. The van der Waals surface area contributed by atoms with Crippen molar-refractivity contribution in [3.63, 3.8) is 0 Å². The van der Waals surface area contributed by atoms with Crippen LogP contribution in [0.2, 0.25) is 0 Å². The molecule has 0 fully saturated rings. The SMILES string of the molecule is O=C(O)CCSCc1cccc(NC(=O)c2csc(C(F)(F)F)n2)c1. The summed E-state index contributed by atoms with van der Waals surface area (Å²) in [7, 11) is 0. The number of benzene rings is 1. The zero-order valence-electron chi connectivity index (χ0n) is 12.7. The summed E-state index contributed by atoms with van der Waals surface area (Å²) in [6.45, 7) is 0. The van der Waals surface area contributed by atoms with E-state index in [0.29, 0.717) is 28.5 Å². The van der Waals surface area contributed by atoms with E-state index in [4.69, 9.17) is 5.11 Å². The number of carboxylic acid groups (broad SMARTS) is 1. The lowest BCUT2D eigenvalue weighted by atomic mass is 10.2. The second-order valence-corrected chi connectivity index (χ2v) is 6.85. The molecule has 0 saturated carbocycles. The van der Waals surface area contributed by atoms with Crippen LogP contribution in [0.15, 0.2) is 29.6 Å². The summed E-state index contributed by atoms with van der Waals surface area (Å²) in [5.74, 6) is -0.561. The number of carbonyl (C=O) groups excluding carboxylic acids is 1. The molecule has 0 atom stereocenters. The van der Waals surface area contributed by atoms with Gasteiger partial charge in [0.15, 0.2) is 5.01 Å². The molecule has 25 heavy (non-hydrogen) atoms. The van der Waals surface area contributed by atoms with Crippen LogP contribution in [0.1, 0.15) is 27.5 Å². The second-order valence-electron chi connectivity index (χ2n) is 4.89. The van der Waals surface area contributed by atoms with Gasteiger partial charge in [-0.15, -0.1) is 11.3 Å². The van der Waals surface area contributed by atoms with Gasteiger partial charge in [0.1, 0.15) is 5.69 Å². The third-order valence-corrected chi connectivity index (χ3v) is 4.81. The van der Waals surface area contributed by atoms with Crippen LogP contribution in [0.5, 0.6) is 0 Å². The summed E-state index contributed by atoms with van der Waals surface area (Å²) < 4.78 is 37.6. The first-order valence-corrected chi connectivity index (χ1v) is 9.01. The van der Waals surface area contributed by atoms with Crippen molar-refractivity contribution in [1.82, 2.24) is 4.98 Å². The number of aromatic nitrogens is 1. The third kappa shape index (κ3) is 6.05. The molecule has 0 aliphatic rings. The van der Waals surface area contributed by atoms with Crippen LogP contribution in [-0.2, 0) is 16.7 Å². The van der Waals surface area contributed by atoms with E-state index in [9.17, 15) is 22.8 Å². The summed E-state index contributed by atoms with van der Waals surface area (Å²) in [4.78, 5) is 25.7. The monoisotopic (exact) mass is 390 g/mol.